The fourth-order valence-electron chi connectivity index (χ4n) is 3.01. The number of anilines is 1. The van der Waals surface area contributed by atoms with Crippen LogP contribution < -0.4 is 5.73 Å². The molecule has 1 saturated heterocycles. The van der Waals surface area contributed by atoms with E-state index >= 15 is 0 Å². The van der Waals surface area contributed by atoms with Crippen molar-refractivity contribution in [3.05, 3.63) is 59.5 Å². The number of amides is 1. The number of morpholine rings is 1. The Morgan fingerprint density at radius 1 is 1.36 bits per heavy atom. The van der Waals surface area contributed by atoms with E-state index < -0.39 is 0 Å². The van der Waals surface area contributed by atoms with Crippen molar-refractivity contribution < 1.29 is 13.9 Å². The lowest BCUT2D eigenvalue weighted by Gasteiger charge is -2.33. The van der Waals surface area contributed by atoms with Crippen molar-refractivity contribution in [2.24, 2.45) is 0 Å². The summed E-state index contributed by atoms with van der Waals surface area (Å²) in [5, 5.41) is 0. The minimum atomic E-state index is -0.337. The van der Waals surface area contributed by atoms with Gasteiger partial charge in [0.15, 0.2) is 0 Å². The van der Waals surface area contributed by atoms with Gasteiger partial charge in [0.2, 0.25) is 5.91 Å². The standard InChI is InChI=1S/C19H22FN3O2/c20-17-4-2-1-3-15(17)12-19(24)23-9-10-25-16(13-23)6-5-14-7-8-22-18(21)11-14/h1-4,7-8,11,16H,5-6,9-10,12-13H2,(H2,21,22)/t16-/m0/s1. The van der Waals surface area contributed by atoms with E-state index in [2.05, 4.69) is 4.98 Å². The van der Waals surface area contributed by atoms with Gasteiger partial charge in [-0.05, 0) is 42.2 Å². The lowest BCUT2D eigenvalue weighted by atomic mass is 10.1. The van der Waals surface area contributed by atoms with Gasteiger partial charge in [-0.25, -0.2) is 9.37 Å². The number of nitrogen functional groups attached to an aromatic ring is 1. The highest BCUT2D eigenvalue weighted by molar-refractivity contribution is 5.79. The molecule has 6 heteroatoms. The van der Waals surface area contributed by atoms with Crippen LogP contribution in [0.3, 0.4) is 0 Å². The molecular formula is C19H22FN3O2. The zero-order valence-corrected chi connectivity index (χ0v) is 14.0. The predicted octanol–water partition coefficient (Wildman–Crippen LogP) is 2.21. The number of hydrogen-bond donors (Lipinski definition) is 1. The van der Waals surface area contributed by atoms with E-state index in [4.69, 9.17) is 10.5 Å². The molecule has 0 radical (unpaired) electrons. The molecule has 2 aromatic rings. The van der Waals surface area contributed by atoms with E-state index in [1.165, 1.54) is 6.07 Å². The highest BCUT2D eigenvalue weighted by Crippen LogP contribution is 2.15. The van der Waals surface area contributed by atoms with E-state index in [1.54, 1.807) is 29.3 Å². The Morgan fingerprint density at radius 3 is 3.00 bits per heavy atom. The first-order valence-electron chi connectivity index (χ1n) is 8.45. The molecule has 1 atom stereocenters. The van der Waals surface area contributed by atoms with Crippen LogP contribution >= 0.6 is 0 Å². The van der Waals surface area contributed by atoms with Crippen molar-refractivity contribution in [2.75, 3.05) is 25.4 Å². The maximum atomic E-state index is 13.7. The van der Waals surface area contributed by atoms with Gasteiger partial charge in [-0.15, -0.1) is 0 Å². The van der Waals surface area contributed by atoms with Crippen LogP contribution in [0.15, 0.2) is 42.6 Å². The van der Waals surface area contributed by atoms with Gasteiger partial charge in [0.1, 0.15) is 11.6 Å². The largest absolute Gasteiger partial charge is 0.384 e. The summed E-state index contributed by atoms with van der Waals surface area (Å²) < 4.78 is 19.5. The molecule has 132 valence electrons. The number of nitrogens with zero attached hydrogens (tertiary/aromatic N) is 2. The number of halogens is 1. The predicted molar refractivity (Wildman–Crippen MR) is 93.4 cm³/mol. The Balaban J connectivity index is 1.53. The number of carbonyl (C=O) groups is 1. The minimum Gasteiger partial charge on any atom is -0.384 e. The molecule has 25 heavy (non-hydrogen) atoms. The number of aryl methyl sites for hydroxylation is 1. The molecule has 0 aliphatic carbocycles. The summed E-state index contributed by atoms with van der Waals surface area (Å²) in [7, 11) is 0. The lowest BCUT2D eigenvalue weighted by Crippen LogP contribution is -2.46. The molecule has 1 fully saturated rings. The van der Waals surface area contributed by atoms with Gasteiger partial charge >= 0.3 is 0 Å². The number of pyridine rings is 1. The molecule has 0 bridgehead atoms. The number of benzene rings is 1. The summed E-state index contributed by atoms with van der Waals surface area (Å²) in [6.07, 6.45) is 3.36. The van der Waals surface area contributed by atoms with Crippen molar-refractivity contribution in [3.63, 3.8) is 0 Å². The van der Waals surface area contributed by atoms with Crippen LogP contribution in [0, 0.1) is 5.82 Å². The third kappa shape index (κ3) is 4.76. The SMILES string of the molecule is Nc1cc(CC[C@H]2CN(C(=O)Cc3ccccc3F)CCO2)ccn1. The average Bonchev–Trinajstić information content (AvgIpc) is 2.62. The quantitative estimate of drug-likeness (QED) is 0.904. The maximum Gasteiger partial charge on any atom is 0.227 e. The van der Waals surface area contributed by atoms with Crippen LogP contribution in [0.5, 0.6) is 0 Å². The summed E-state index contributed by atoms with van der Waals surface area (Å²) in [6.45, 7) is 1.59. The van der Waals surface area contributed by atoms with Gasteiger partial charge in [-0.3, -0.25) is 4.79 Å². The van der Waals surface area contributed by atoms with Gasteiger partial charge < -0.3 is 15.4 Å². The normalized spacial score (nSPS) is 17.5. The van der Waals surface area contributed by atoms with Crippen molar-refractivity contribution >= 4 is 11.7 Å². The van der Waals surface area contributed by atoms with Gasteiger partial charge in [0.05, 0.1) is 19.1 Å². The lowest BCUT2D eigenvalue weighted by molar-refractivity contribution is -0.138. The smallest absolute Gasteiger partial charge is 0.227 e. The van der Waals surface area contributed by atoms with Gasteiger partial charge in [-0.1, -0.05) is 18.2 Å². The van der Waals surface area contributed by atoms with Crippen molar-refractivity contribution in [2.45, 2.75) is 25.4 Å². The maximum absolute atomic E-state index is 13.7. The van der Waals surface area contributed by atoms with Crippen molar-refractivity contribution in [1.82, 2.24) is 9.88 Å². The summed E-state index contributed by atoms with van der Waals surface area (Å²) in [5.74, 6) is 0.103. The van der Waals surface area contributed by atoms with Crippen LogP contribution in [-0.2, 0) is 22.4 Å². The Hall–Kier alpha value is -2.47. The van der Waals surface area contributed by atoms with Crippen LogP contribution in [0.1, 0.15) is 17.5 Å². The second kappa shape index (κ2) is 8.07. The molecule has 3 rings (SSSR count). The van der Waals surface area contributed by atoms with Crippen LogP contribution in [0.25, 0.3) is 0 Å². The van der Waals surface area contributed by atoms with E-state index in [-0.39, 0.29) is 24.2 Å². The average molecular weight is 343 g/mol. The summed E-state index contributed by atoms with van der Waals surface area (Å²) in [5.41, 5.74) is 7.22. The number of ether oxygens (including phenoxy) is 1. The van der Waals surface area contributed by atoms with E-state index in [0.717, 1.165) is 18.4 Å². The Morgan fingerprint density at radius 2 is 2.20 bits per heavy atom. The molecule has 1 amide bonds. The van der Waals surface area contributed by atoms with Gasteiger partial charge in [0, 0.05) is 19.3 Å². The number of aromatic nitrogens is 1. The molecular weight excluding hydrogens is 321 g/mol. The first-order valence-corrected chi connectivity index (χ1v) is 8.45. The van der Waals surface area contributed by atoms with Crippen LogP contribution in [0.2, 0.25) is 0 Å². The Labute approximate surface area is 146 Å². The monoisotopic (exact) mass is 343 g/mol. The molecule has 2 N–H and O–H groups in total. The molecule has 5 nitrogen and oxygen atoms in total. The second-order valence-electron chi connectivity index (χ2n) is 6.23. The van der Waals surface area contributed by atoms with Crippen LogP contribution in [-0.4, -0.2) is 41.6 Å². The number of carbonyl (C=O) groups excluding carboxylic acids is 1. The number of hydrogen-bond acceptors (Lipinski definition) is 4. The molecule has 1 aliphatic rings. The second-order valence-corrected chi connectivity index (χ2v) is 6.23. The summed E-state index contributed by atoms with van der Waals surface area (Å²) >= 11 is 0. The fraction of sp³-hybridized carbons (Fsp3) is 0.368. The molecule has 0 saturated carbocycles. The number of rotatable bonds is 5. The fourth-order valence-corrected chi connectivity index (χ4v) is 3.01. The summed E-state index contributed by atoms with van der Waals surface area (Å²) in [6, 6.07) is 10.2. The summed E-state index contributed by atoms with van der Waals surface area (Å²) in [4.78, 5) is 18.2. The zero-order valence-electron chi connectivity index (χ0n) is 14.0. The molecule has 1 aromatic carbocycles. The Kier molecular flexibility index (Phi) is 5.60. The third-order valence-corrected chi connectivity index (χ3v) is 4.39. The van der Waals surface area contributed by atoms with Crippen molar-refractivity contribution in [1.29, 1.82) is 0 Å². The first kappa shape index (κ1) is 17.4. The van der Waals surface area contributed by atoms with E-state index in [0.29, 0.717) is 31.1 Å². The molecule has 0 unspecified atom stereocenters. The van der Waals surface area contributed by atoms with E-state index in [1.807, 2.05) is 12.1 Å². The first-order chi connectivity index (χ1) is 12.1. The highest BCUT2D eigenvalue weighted by atomic mass is 19.1. The molecule has 2 heterocycles. The van der Waals surface area contributed by atoms with Gasteiger partial charge in [-0.2, -0.15) is 0 Å². The van der Waals surface area contributed by atoms with Crippen molar-refractivity contribution in [3.8, 4) is 0 Å². The molecule has 0 spiro atoms. The highest BCUT2D eigenvalue weighted by Gasteiger charge is 2.24. The molecule has 1 aromatic heterocycles. The third-order valence-electron chi connectivity index (χ3n) is 4.39. The van der Waals surface area contributed by atoms with E-state index in [9.17, 15) is 9.18 Å². The zero-order chi connectivity index (χ0) is 17.6. The number of nitrogens with two attached hydrogens (primary N) is 1. The van der Waals surface area contributed by atoms with Gasteiger partial charge in [0.25, 0.3) is 0 Å². The topological polar surface area (TPSA) is 68.5 Å². The molecule has 1 aliphatic heterocycles. The minimum absolute atomic E-state index is 0.0206. The Bertz CT molecular complexity index is 738. The van der Waals surface area contributed by atoms with Crippen LogP contribution in [0.4, 0.5) is 10.2 Å².